The number of hydrogen-bond acceptors (Lipinski definition) is 4. The van der Waals surface area contributed by atoms with Crippen LogP contribution in [0.1, 0.15) is 97.3 Å². The lowest BCUT2D eigenvalue weighted by molar-refractivity contribution is -0.137. The van der Waals surface area contributed by atoms with E-state index < -0.39 is 5.97 Å². The number of allylic oxidation sites excluding steroid dienone is 1. The molecule has 0 aliphatic rings. The van der Waals surface area contributed by atoms with Gasteiger partial charge in [-0.25, -0.2) is 0 Å². The molecule has 1 unspecified atom stereocenters. The van der Waals surface area contributed by atoms with Gasteiger partial charge < -0.3 is 14.9 Å². The highest BCUT2D eigenvalue weighted by atomic mass is 16.5. The van der Waals surface area contributed by atoms with Crippen molar-refractivity contribution in [1.29, 1.82) is 0 Å². The summed E-state index contributed by atoms with van der Waals surface area (Å²) < 4.78 is 4.17. The summed E-state index contributed by atoms with van der Waals surface area (Å²) in [7, 11) is 0. The van der Waals surface area contributed by atoms with E-state index in [9.17, 15) is 14.7 Å². The Morgan fingerprint density at radius 3 is 2.19 bits per heavy atom. The Hall–Kier alpha value is -1.62. The molecule has 0 aliphatic heterocycles. The monoisotopic (exact) mass is 384 g/mol. The Labute approximate surface area is 165 Å². The zero-order valence-corrected chi connectivity index (χ0v) is 17.3. The average molecular weight is 385 g/mol. The topological polar surface area (TPSA) is 83.8 Å². The molecule has 0 rings (SSSR count). The van der Waals surface area contributed by atoms with E-state index in [1.54, 1.807) is 0 Å². The second-order valence-electron chi connectivity index (χ2n) is 6.69. The predicted octanol–water partition coefficient (Wildman–Crippen LogP) is 5.77. The minimum Gasteiger partial charge on any atom is -0.481 e. The van der Waals surface area contributed by atoms with Crippen LogP contribution < -0.4 is 0 Å². The number of unbranched alkanes of at least 4 members (excludes halogenated alkanes) is 8. The molecular weight excluding hydrogens is 344 g/mol. The number of ether oxygens (including phenoxy) is 1. The van der Waals surface area contributed by atoms with Crippen molar-refractivity contribution in [2.45, 2.75) is 103 Å². The van der Waals surface area contributed by atoms with Gasteiger partial charge >= 0.3 is 11.9 Å². The number of carboxylic acids is 1. The van der Waals surface area contributed by atoms with Gasteiger partial charge in [0.15, 0.2) is 0 Å². The van der Waals surface area contributed by atoms with Crippen LogP contribution in [0.3, 0.4) is 0 Å². The van der Waals surface area contributed by atoms with Gasteiger partial charge in [-0.2, -0.15) is 0 Å². The van der Waals surface area contributed by atoms with Crippen molar-refractivity contribution in [3.05, 3.63) is 25.0 Å². The van der Waals surface area contributed by atoms with Crippen LogP contribution in [0.5, 0.6) is 0 Å². The molecular formula is C22H40O5. The van der Waals surface area contributed by atoms with Crippen LogP contribution in [0.2, 0.25) is 0 Å². The Morgan fingerprint density at radius 2 is 1.63 bits per heavy atom. The maximum Gasteiger partial charge on any atom is 0.307 e. The number of aliphatic hydroxyl groups is 1. The lowest BCUT2D eigenvalue weighted by atomic mass is 10.1. The maximum absolute atomic E-state index is 10.3. The number of carbonyl (C=O) groups excluding carboxylic acids is 1. The summed E-state index contributed by atoms with van der Waals surface area (Å²) in [5.74, 6) is -1.02. The van der Waals surface area contributed by atoms with Gasteiger partial charge in [0.1, 0.15) is 0 Å². The number of aliphatic carboxylic acids is 1. The van der Waals surface area contributed by atoms with Gasteiger partial charge in [-0.15, -0.1) is 0 Å². The molecule has 1 atom stereocenters. The normalized spacial score (nSPS) is 11.5. The minimum absolute atomic E-state index is 0.172. The van der Waals surface area contributed by atoms with Gasteiger partial charge in [-0.05, 0) is 32.1 Å². The third-order valence-corrected chi connectivity index (χ3v) is 3.98. The second kappa shape index (κ2) is 22.4. The molecule has 0 aromatic carbocycles. The van der Waals surface area contributed by atoms with E-state index in [1.165, 1.54) is 32.6 Å². The summed E-state index contributed by atoms with van der Waals surface area (Å²) in [5, 5.41) is 18.3. The molecule has 0 fully saturated rings. The third kappa shape index (κ3) is 29.4. The van der Waals surface area contributed by atoms with Gasteiger partial charge in [-0.3, -0.25) is 9.59 Å². The molecule has 0 amide bonds. The third-order valence-electron chi connectivity index (χ3n) is 3.98. The van der Waals surface area contributed by atoms with Crippen molar-refractivity contribution in [1.82, 2.24) is 0 Å². The van der Waals surface area contributed by atoms with Crippen molar-refractivity contribution < 1.29 is 24.5 Å². The van der Waals surface area contributed by atoms with Crippen LogP contribution >= 0.6 is 0 Å². The molecule has 0 spiro atoms. The zero-order valence-electron chi connectivity index (χ0n) is 17.3. The van der Waals surface area contributed by atoms with E-state index in [1.807, 2.05) is 0 Å². The fraction of sp³-hybridized carbons (Fsp3) is 0.727. The van der Waals surface area contributed by atoms with Crippen molar-refractivity contribution in [2.75, 3.05) is 0 Å². The summed E-state index contributed by atoms with van der Waals surface area (Å²) in [6.07, 6.45) is 18.5. The SMILES string of the molecule is C=COC(C)=O.CCCCCCC(O)C/C=C\CCCCCCCC(=O)O. The average Bonchev–Trinajstić information content (AvgIpc) is 2.60. The van der Waals surface area contributed by atoms with E-state index in [0.29, 0.717) is 6.42 Å². The molecule has 0 saturated heterocycles. The van der Waals surface area contributed by atoms with Crippen LogP contribution in [-0.2, 0) is 14.3 Å². The highest BCUT2D eigenvalue weighted by Crippen LogP contribution is 2.10. The van der Waals surface area contributed by atoms with E-state index in [-0.39, 0.29) is 12.1 Å². The van der Waals surface area contributed by atoms with Gasteiger partial charge in [0.05, 0.1) is 12.4 Å². The number of carboxylic acid groups (broad SMARTS) is 1. The number of carbonyl (C=O) groups is 2. The molecule has 27 heavy (non-hydrogen) atoms. The Balaban J connectivity index is 0. The molecule has 158 valence electrons. The smallest absolute Gasteiger partial charge is 0.307 e. The molecule has 0 heterocycles. The Morgan fingerprint density at radius 1 is 1.00 bits per heavy atom. The molecule has 0 bridgehead atoms. The first-order chi connectivity index (χ1) is 12.9. The lowest BCUT2D eigenvalue weighted by Gasteiger charge is -2.07. The molecule has 0 saturated carbocycles. The standard InChI is InChI=1S/C18H34O3.C4H6O2/c1-2-3-4-11-14-17(19)15-12-9-7-5-6-8-10-13-16-18(20)21;1-3-6-4(2)5/h9,12,17,19H,2-8,10-11,13-16H2,1H3,(H,20,21);3H,1H2,2H3/b12-9-;. The predicted molar refractivity (Wildman–Crippen MR) is 110 cm³/mol. The van der Waals surface area contributed by atoms with E-state index in [0.717, 1.165) is 57.6 Å². The zero-order chi connectivity index (χ0) is 20.8. The molecule has 0 aromatic heterocycles. The second-order valence-corrected chi connectivity index (χ2v) is 6.69. The van der Waals surface area contributed by atoms with E-state index >= 15 is 0 Å². The maximum atomic E-state index is 10.3. The molecule has 0 aliphatic carbocycles. The Kier molecular flexibility index (Phi) is 22.9. The quantitative estimate of drug-likeness (QED) is 0.153. The first kappa shape index (κ1) is 27.6. The molecule has 5 nitrogen and oxygen atoms in total. The minimum atomic E-state index is -0.689. The van der Waals surface area contributed by atoms with Crippen molar-refractivity contribution >= 4 is 11.9 Å². The molecule has 5 heteroatoms. The van der Waals surface area contributed by atoms with Crippen LogP contribution in [0.15, 0.2) is 25.0 Å². The number of hydrogen-bond donors (Lipinski definition) is 2. The summed E-state index contributed by atoms with van der Waals surface area (Å²) in [5.41, 5.74) is 0. The van der Waals surface area contributed by atoms with Crippen molar-refractivity contribution in [3.63, 3.8) is 0 Å². The van der Waals surface area contributed by atoms with Crippen LogP contribution in [0, 0.1) is 0 Å². The number of aliphatic hydroxyl groups excluding tert-OH is 1. The molecule has 2 N–H and O–H groups in total. The first-order valence-electron chi connectivity index (χ1n) is 10.3. The van der Waals surface area contributed by atoms with E-state index in [2.05, 4.69) is 30.4 Å². The van der Waals surface area contributed by atoms with E-state index in [4.69, 9.17) is 5.11 Å². The lowest BCUT2D eigenvalue weighted by Crippen LogP contribution is -2.04. The summed E-state index contributed by atoms with van der Waals surface area (Å²) >= 11 is 0. The Bertz CT molecular complexity index is 390. The number of esters is 1. The van der Waals surface area contributed by atoms with Gasteiger partial charge in [0, 0.05) is 13.3 Å². The highest BCUT2D eigenvalue weighted by Gasteiger charge is 2.00. The highest BCUT2D eigenvalue weighted by molar-refractivity contribution is 5.66. The fourth-order valence-corrected chi connectivity index (χ4v) is 2.48. The summed E-state index contributed by atoms with van der Waals surface area (Å²) in [6.45, 7) is 6.68. The summed E-state index contributed by atoms with van der Waals surface area (Å²) in [4.78, 5) is 20.1. The van der Waals surface area contributed by atoms with Crippen molar-refractivity contribution in [2.24, 2.45) is 0 Å². The largest absolute Gasteiger partial charge is 0.481 e. The van der Waals surface area contributed by atoms with Crippen LogP contribution in [0.4, 0.5) is 0 Å². The number of rotatable bonds is 16. The first-order valence-corrected chi connectivity index (χ1v) is 10.3. The van der Waals surface area contributed by atoms with Crippen molar-refractivity contribution in [3.8, 4) is 0 Å². The fourth-order valence-electron chi connectivity index (χ4n) is 2.48. The summed E-state index contributed by atoms with van der Waals surface area (Å²) in [6, 6.07) is 0. The molecule has 0 aromatic rings. The van der Waals surface area contributed by atoms with Gasteiger partial charge in [0.25, 0.3) is 0 Å². The van der Waals surface area contributed by atoms with Gasteiger partial charge in [-0.1, -0.05) is 70.6 Å². The van der Waals surface area contributed by atoms with Crippen LogP contribution in [-0.4, -0.2) is 28.3 Å². The van der Waals surface area contributed by atoms with Crippen LogP contribution in [0.25, 0.3) is 0 Å². The molecule has 0 radical (unpaired) electrons. The van der Waals surface area contributed by atoms with Gasteiger partial charge in [0.2, 0.25) is 0 Å².